The Balaban J connectivity index is 2.02. The molecule has 0 atom stereocenters. The molecule has 0 fully saturated rings. The Kier molecular flexibility index (Phi) is 3.82. The normalized spacial score (nSPS) is 11.2. The Labute approximate surface area is 109 Å². The maximum atomic E-state index is 4.20. The van der Waals surface area contributed by atoms with Crippen molar-refractivity contribution in [2.24, 2.45) is 7.05 Å². The highest BCUT2D eigenvalue weighted by molar-refractivity contribution is 5.30. The molecule has 0 saturated carbocycles. The van der Waals surface area contributed by atoms with Gasteiger partial charge in [-0.15, -0.1) is 0 Å². The standard InChI is InChI=1S/C15H21N3/c1-12-5-6-13(2)15(7-12)11-17(3)9-14-8-16-18(4)10-14/h5-8,10H,9,11H2,1-4H3. The third-order valence-electron chi connectivity index (χ3n) is 3.16. The van der Waals surface area contributed by atoms with E-state index in [0.29, 0.717) is 0 Å². The Morgan fingerprint density at radius 1 is 1.22 bits per heavy atom. The van der Waals surface area contributed by atoms with Gasteiger partial charge in [-0.05, 0) is 32.0 Å². The fraction of sp³-hybridized carbons (Fsp3) is 0.400. The zero-order chi connectivity index (χ0) is 13.1. The van der Waals surface area contributed by atoms with Crippen molar-refractivity contribution in [1.29, 1.82) is 0 Å². The van der Waals surface area contributed by atoms with Gasteiger partial charge in [0.2, 0.25) is 0 Å². The molecule has 0 aliphatic rings. The Hall–Kier alpha value is -1.61. The van der Waals surface area contributed by atoms with Crippen molar-refractivity contribution >= 4 is 0 Å². The summed E-state index contributed by atoms with van der Waals surface area (Å²) in [6.07, 6.45) is 4.00. The number of aryl methyl sites for hydroxylation is 3. The lowest BCUT2D eigenvalue weighted by Gasteiger charge is -2.17. The van der Waals surface area contributed by atoms with Gasteiger partial charge >= 0.3 is 0 Å². The molecule has 1 aromatic carbocycles. The van der Waals surface area contributed by atoms with Crippen LogP contribution in [0.1, 0.15) is 22.3 Å². The summed E-state index contributed by atoms with van der Waals surface area (Å²) in [5, 5.41) is 4.20. The van der Waals surface area contributed by atoms with Crippen LogP contribution in [0.2, 0.25) is 0 Å². The van der Waals surface area contributed by atoms with Gasteiger partial charge in [0.1, 0.15) is 0 Å². The van der Waals surface area contributed by atoms with Crippen LogP contribution in [-0.2, 0) is 20.1 Å². The summed E-state index contributed by atoms with van der Waals surface area (Å²) in [4.78, 5) is 2.32. The molecule has 18 heavy (non-hydrogen) atoms. The number of hydrogen-bond acceptors (Lipinski definition) is 2. The van der Waals surface area contributed by atoms with E-state index < -0.39 is 0 Å². The average Bonchev–Trinajstić information content (AvgIpc) is 2.69. The lowest BCUT2D eigenvalue weighted by molar-refractivity contribution is 0.318. The molecule has 3 nitrogen and oxygen atoms in total. The zero-order valence-corrected chi connectivity index (χ0v) is 11.6. The van der Waals surface area contributed by atoms with Crippen molar-refractivity contribution in [2.45, 2.75) is 26.9 Å². The van der Waals surface area contributed by atoms with Crippen LogP contribution in [-0.4, -0.2) is 21.7 Å². The second-order valence-electron chi connectivity index (χ2n) is 5.12. The fourth-order valence-electron chi connectivity index (χ4n) is 2.18. The molecule has 3 heteroatoms. The van der Waals surface area contributed by atoms with E-state index in [0.717, 1.165) is 13.1 Å². The van der Waals surface area contributed by atoms with E-state index in [1.807, 2.05) is 17.9 Å². The van der Waals surface area contributed by atoms with Crippen LogP contribution >= 0.6 is 0 Å². The SMILES string of the molecule is Cc1ccc(C)c(CN(C)Cc2cnn(C)c2)c1. The van der Waals surface area contributed by atoms with Crippen molar-refractivity contribution in [1.82, 2.24) is 14.7 Å². The molecule has 0 radical (unpaired) electrons. The van der Waals surface area contributed by atoms with Crippen molar-refractivity contribution in [3.63, 3.8) is 0 Å². The minimum atomic E-state index is 0.932. The average molecular weight is 243 g/mol. The first-order valence-corrected chi connectivity index (χ1v) is 6.27. The first-order chi connectivity index (χ1) is 8.54. The molecule has 0 aliphatic heterocycles. The van der Waals surface area contributed by atoms with Crippen LogP contribution < -0.4 is 0 Å². The molecule has 2 aromatic rings. The summed E-state index contributed by atoms with van der Waals surface area (Å²) < 4.78 is 1.85. The quantitative estimate of drug-likeness (QED) is 0.823. The van der Waals surface area contributed by atoms with Gasteiger partial charge in [0.25, 0.3) is 0 Å². The predicted molar refractivity (Wildman–Crippen MR) is 74.3 cm³/mol. The Morgan fingerprint density at radius 3 is 2.67 bits per heavy atom. The summed E-state index contributed by atoms with van der Waals surface area (Å²) in [7, 11) is 4.10. The first kappa shape index (κ1) is 12.8. The van der Waals surface area contributed by atoms with E-state index in [9.17, 15) is 0 Å². The van der Waals surface area contributed by atoms with E-state index in [2.05, 4.69) is 55.3 Å². The van der Waals surface area contributed by atoms with E-state index in [1.54, 1.807) is 0 Å². The Morgan fingerprint density at radius 2 is 2.00 bits per heavy atom. The van der Waals surface area contributed by atoms with Gasteiger partial charge in [-0.2, -0.15) is 5.10 Å². The third kappa shape index (κ3) is 3.20. The largest absolute Gasteiger partial charge is 0.298 e. The highest BCUT2D eigenvalue weighted by Crippen LogP contribution is 2.14. The number of benzene rings is 1. The van der Waals surface area contributed by atoms with Crippen LogP contribution in [0.5, 0.6) is 0 Å². The van der Waals surface area contributed by atoms with Crippen LogP contribution in [0.3, 0.4) is 0 Å². The highest BCUT2D eigenvalue weighted by atomic mass is 15.2. The molecule has 0 N–H and O–H groups in total. The van der Waals surface area contributed by atoms with Gasteiger partial charge in [-0.3, -0.25) is 9.58 Å². The molecule has 2 rings (SSSR count). The van der Waals surface area contributed by atoms with Gasteiger partial charge in [0.05, 0.1) is 6.20 Å². The molecule has 0 amide bonds. The summed E-state index contributed by atoms with van der Waals surface area (Å²) in [5.74, 6) is 0. The van der Waals surface area contributed by atoms with E-state index in [-0.39, 0.29) is 0 Å². The molecule has 1 aromatic heterocycles. The van der Waals surface area contributed by atoms with Gasteiger partial charge < -0.3 is 0 Å². The summed E-state index contributed by atoms with van der Waals surface area (Å²) >= 11 is 0. The van der Waals surface area contributed by atoms with E-state index in [4.69, 9.17) is 0 Å². The smallest absolute Gasteiger partial charge is 0.0534 e. The lowest BCUT2D eigenvalue weighted by Crippen LogP contribution is -2.17. The molecule has 0 unspecified atom stereocenters. The maximum absolute atomic E-state index is 4.20. The molecular formula is C15H21N3. The number of nitrogens with zero attached hydrogens (tertiary/aromatic N) is 3. The van der Waals surface area contributed by atoms with Gasteiger partial charge in [-0.25, -0.2) is 0 Å². The molecule has 0 aliphatic carbocycles. The molecule has 0 saturated heterocycles. The zero-order valence-electron chi connectivity index (χ0n) is 11.6. The number of aromatic nitrogens is 2. The van der Waals surface area contributed by atoms with E-state index >= 15 is 0 Å². The van der Waals surface area contributed by atoms with Crippen molar-refractivity contribution < 1.29 is 0 Å². The maximum Gasteiger partial charge on any atom is 0.0534 e. The summed E-state index contributed by atoms with van der Waals surface area (Å²) in [5.41, 5.74) is 5.34. The molecule has 96 valence electrons. The fourth-order valence-corrected chi connectivity index (χ4v) is 2.18. The topological polar surface area (TPSA) is 21.1 Å². The Bertz CT molecular complexity index is 528. The second kappa shape index (κ2) is 5.36. The van der Waals surface area contributed by atoms with E-state index in [1.165, 1.54) is 22.3 Å². The number of hydrogen-bond donors (Lipinski definition) is 0. The van der Waals surface area contributed by atoms with Crippen LogP contribution in [0.25, 0.3) is 0 Å². The number of rotatable bonds is 4. The minimum absolute atomic E-state index is 0.932. The van der Waals surface area contributed by atoms with Crippen molar-refractivity contribution in [3.8, 4) is 0 Å². The van der Waals surface area contributed by atoms with Gasteiger partial charge in [-0.1, -0.05) is 23.8 Å². The van der Waals surface area contributed by atoms with Crippen LogP contribution in [0.15, 0.2) is 30.6 Å². The van der Waals surface area contributed by atoms with Crippen molar-refractivity contribution in [2.75, 3.05) is 7.05 Å². The van der Waals surface area contributed by atoms with Crippen LogP contribution in [0, 0.1) is 13.8 Å². The molecule has 0 bridgehead atoms. The summed E-state index contributed by atoms with van der Waals surface area (Å²) in [6, 6.07) is 6.64. The monoisotopic (exact) mass is 243 g/mol. The molecular weight excluding hydrogens is 222 g/mol. The molecule has 0 spiro atoms. The van der Waals surface area contributed by atoms with Crippen LogP contribution in [0.4, 0.5) is 0 Å². The van der Waals surface area contributed by atoms with Gasteiger partial charge in [0.15, 0.2) is 0 Å². The molecule has 1 heterocycles. The third-order valence-corrected chi connectivity index (χ3v) is 3.16. The second-order valence-corrected chi connectivity index (χ2v) is 5.12. The summed E-state index contributed by atoms with van der Waals surface area (Å²) in [6.45, 7) is 6.22. The van der Waals surface area contributed by atoms with Crippen molar-refractivity contribution in [3.05, 3.63) is 52.8 Å². The van der Waals surface area contributed by atoms with Gasteiger partial charge in [0, 0.05) is 31.9 Å². The first-order valence-electron chi connectivity index (χ1n) is 6.27. The minimum Gasteiger partial charge on any atom is -0.298 e. The predicted octanol–water partition coefficient (Wildman–Crippen LogP) is 2.67. The highest BCUT2D eigenvalue weighted by Gasteiger charge is 2.05. The lowest BCUT2D eigenvalue weighted by atomic mass is 10.1.